The van der Waals surface area contributed by atoms with Crippen molar-refractivity contribution in [3.8, 4) is 0 Å². The van der Waals surface area contributed by atoms with Crippen molar-refractivity contribution >= 4 is 11.7 Å². The minimum absolute atomic E-state index is 0.0681. The molecule has 0 bridgehead atoms. The number of carbonyl (C=O) groups is 1. The molecule has 0 saturated carbocycles. The number of amides is 1. The lowest BCUT2D eigenvalue weighted by atomic mass is 9.89. The van der Waals surface area contributed by atoms with Crippen molar-refractivity contribution in [3.05, 3.63) is 59.5 Å². The molecule has 3 heterocycles. The Balaban J connectivity index is 1.55. The van der Waals surface area contributed by atoms with Crippen LogP contribution in [-0.2, 0) is 16.1 Å². The van der Waals surface area contributed by atoms with Gasteiger partial charge >= 0.3 is 0 Å². The number of carbonyl (C=O) groups excluding carboxylic acids is 1. The molecule has 2 aliphatic heterocycles. The summed E-state index contributed by atoms with van der Waals surface area (Å²) in [7, 11) is 1.60. The van der Waals surface area contributed by atoms with Crippen LogP contribution < -0.4 is 5.73 Å². The number of nitrogens with zero attached hydrogens (tertiary/aromatic N) is 3. The normalized spacial score (nSPS) is 24.1. The van der Waals surface area contributed by atoms with Crippen LogP contribution in [0.1, 0.15) is 23.6 Å². The van der Waals surface area contributed by atoms with Crippen LogP contribution in [0, 0.1) is 17.7 Å². The molecule has 3 atom stereocenters. The summed E-state index contributed by atoms with van der Waals surface area (Å²) in [6.45, 7) is 3.55. The molecule has 6 nitrogen and oxygen atoms in total. The maximum atomic E-state index is 13.9. The van der Waals surface area contributed by atoms with Crippen LogP contribution >= 0.6 is 0 Å². The van der Waals surface area contributed by atoms with Crippen molar-refractivity contribution < 1.29 is 13.9 Å². The molecular formula is C22H27FN4O2. The zero-order valence-corrected chi connectivity index (χ0v) is 16.6. The van der Waals surface area contributed by atoms with Crippen LogP contribution in [0.25, 0.3) is 0 Å². The molecule has 0 unspecified atom stereocenters. The van der Waals surface area contributed by atoms with Crippen LogP contribution in [-0.4, -0.2) is 54.0 Å². The highest BCUT2D eigenvalue weighted by Crippen LogP contribution is 2.45. The number of nitrogen functional groups attached to an aromatic ring is 1. The van der Waals surface area contributed by atoms with E-state index in [1.165, 1.54) is 6.07 Å². The van der Waals surface area contributed by atoms with E-state index in [0.29, 0.717) is 31.3 Å². The van der Waals surface area contributed by atoms with Crippen molar-refractivity contribution in [1.82, 2.24) is 14.8 Å². The number of anilines is 1. The molecule has 154 valence electrons. The molecule has 0 radical (unpaired) electrons. The van der Waals surface area contributed by atoms with Gasteiger partial charge in [-0.25, -0.2) is 9.37 Å². The van der Waals surface area contributed by atoms with Crippen LogP contribution in [0.3, 0.4) is 0 Å². The number of hydrogen-bond donors (Lipinski definition) is 1. The molecule has 2 aliphatic rings. The van der Waals surface area contributed by atoms with Gasteiger partial charge in [-0.15, -0.1) is 0 Å². The fraction of sp³-hybridized carbons (Fsp3) is 0.455. The van der Waals surface area contributed by atoms with Gasteiger partial charge in [0, 0.05) is 51.0 Å². The standard InChI is InChI=1S/C22H27FN4O2/c1-29-9-7-20(28)27-13-17-12-26(11-16-5-3-8-25-22(16)24)14-19(17)21(27)15-4-2-6-18(23)10-15/h2-6,8,10,17,19,21H,7,9,11-14H2,1H3,(H2,24,25)/t17-,19-,21+/m0/s1. The zero-order chi connectivity index (χ0) is 20.4. The first-order valence-electron chi connectivity index (χ1n) is 10.0. The van der Waals surface area contributed by atoms with Crippen molar-refractivity contribution in [2.75, 3.05) is 39.1 Å². The summed E-state index contributed by atoms with van der Waals surface area (Å²) in [4.78, 5) is 21.3. The summed E-state index contributed by atoms with van der Waals surface area (Å²) < 4.78 is 19.0. The first-order chi connectivity index (χ1) is 14.1. The van der Waals surface area contributed by atoms with E-state index in [9.17, 15) is 9.18 Å². The molecule has 0 aliphatic carbocycles. The van der Waals surface area contributed by atoms with E-state index in [1.54, 1.807) is 25.4 Å². The Morgan fingerprint density at radius 3 is 2.90 bits per heavy atom. The van der Waals surface area contributed by atoms with E-state index in [2.05, 4.69) is 9.88 Å². The zero-order valence-electron chi connectivity index (χ0n) is 16.6. The summed E-state index contributed by atoms with van der Waals surface area (Å²) >= 11 is 0. The number of aromatic nitrogens is 1. The Morgan fingerprint density at radius 1 is 1.28 bits per heavy atom. The van der Waals surface area contributed by atoms with Gasteiger partial charge < -0.3 is 15.4 Å². The number of benzene rings is 1. The van der Waals surface area contributed by atoms with Gasteiger partial charge in [-0.3, -0.25) is 9.69 Å². The highest BCUT2D eigenvalue weighted by molar-refractivity contribution is 5.77. The summed E-state index contributed by atoms with van der Waals surface area (Å²) in [5.41, 5.74) is 7.90. The highest BCUT2D eigenvalue weighted by atomic mass is 19.1. The molecule has 2 aromatic rings. The number of pyridine rings is 1. The first-order valence-corrected chi connectivity index (χ1v) is 10.0. The van der Waals surface area contributed by atoms with Gasteiger partial charge in [-0.2, -0.15) is 0 Å². The van der Waals surface area contributed by atoms with Crippen LogP contribution in [0.4, 0.5) is 10.2 Å². The average Bonchev–Trinajstić information content (AvgIpc) is 3.25. The van der Waals surface area contributed by atoms with Crippen LogP contribution in [0.15, 0.2) is 42.6 Å². The molecule has 0 spiro atoms. The number of ether oxygens (including phenoxy) is 1. The SMILES string of the molecule is COCCC(=O)N1C[C@@H]2CN(Cc3cccnc3N)C[C@@H]2[C@H]1c1cccc(F)c1. The summed E-state index contributed by atoms with van der Waals surface area (Å²) in [6, 6.07) is 10.4. The monoisotopic (exact) mass is 398 g/mol. The second kappa shape index (κ2) is 8.47. The number of likely N-dealkylation sites (tertiary alicyclic amines) is 2. The van der Waals surface area contributed by atoms with Crippen LogP contribution in [0.2, 0.25) is 0 Å². The Kier molecular flexibility index (Phi) is 5.78. The van der Waals surface area contributed by atoms with E-state index < -0.39 is 0 Å². The Labute approximate surface area is 170 Å². The third kappa shape index (κ3) is 4.11. The summed E-state index contributed by atoms with van der Waals surface area (Å²) in [5, 5.41) is 0. The van der Waals surface area contributed by atoms with Gasteiger partial charge in [0.2, 0.25) is 5.91 Å². The van der Waals surface area contributed by atoms with E-state index in [4.69, 9.17) is 10.5 Å². The smallest absolute Gasteiger partial charge is 0.225 e. The fourth-order valence-electron chi connectivity index (χ4n) is 4.80. The topological polar surface area (TPSA) is 71.7 Å². The molecule has 7 heteroatoms. The van der Waals surface area contributed by atoms with E-state index in [1.807, 2.05) is 23.1 Å². The van der Waals surface area contributed by atoms with Gasteiger partial charge in [-0.1, -0.05) is 18.2 Å². The van der Waals surface area contributed by atoms with E-state index in [0.717, 1.165) is 30.8 Å². The lowest BCUT2D eigenvalue weighted by molar-refractivity contribution is -0.133. The molecular weight excluding hydrogens is 371 g/mol. The number of nitrogens with two attached hydrogens (primary N) is 1. The second-order valence-corrected chi connectivity index (χ2v) is 7.95. The predicted molar refractivity (Wildman–Crippen MR) is 108 cm³/mol. The Bertz CT molecular complexity index is 877. The van der Waals surface area contributed by atoms with Crippen molar-refractivity contribution in [3.63, 3.8) is 0 Å². The third-order valence-electron chi connectivity index (χ3n) is 6.09. The van der Waals surface area contributed by atoms with Gasteiger partial charge in [0.15, 0.2) is 0 Å². The highest BCUT2D eigenvalue weighted by Gasteiger charge is 2.48. The van der Waals surface area contributed by atoms with E-state index >= 15 is 0 Å². The molecule has 2 saturated heterocycles. The van der Waals surface area contributed by atoms with Gasteiger partial charge in [-0.05, 0) is 29.7 Å². The molecule has 29 heavy (non-hydrogen) atoms. The quantitative estimate of drug-likeness (QED) is 0.809. The lowest BCUT2D eigenvalue weighted by Gasteiger charge is -2.30. The fourth-order valence-corrected chi connectivity index (χ4v) is 4.80. The maximum Gasteiger partial charge on any atom is 0.225 e. The molecule has 2 N–H and O–H groups in total. The third-order valence-corrected chi connectivity index (χ3v) is 6.09. The number of fused-ring (bicyclic) bond motifs is 1. The minimum Gasteiger partial charge on any atom is -0.384 e. The van der Waals surface area contributed by atoms with Crippen molar-refractivity contribution in [2.45, 2.75) is 19.0 Å². The molecule has 1 amide bonds. The number of hydrogen-bond acceptors (Lipinski definition) is 5. The predicted octanol–water partition coefficient (Wildman–Crippen LogP) is 2.47. The number of halogens is 1. The van der Waals surface area contributed by atoms with Crippen LogP contribution in [0.5, 0.6) is 0 Å². The largest absolute Gasteiger partial charge is 0.384 e. The van der Waals surface area contributed by atoms with Crippen molar-refractivity contribution in [2.24, 2.45) is 11.8 Å². The molecule has 2 fully saturated rings. The van der Waals surface area contributed by atoms with Gasteiger partial charge in [0.25, 0.3) is 0 Å². The van der Waals surface area contributed by atoms with Gasteiger partial charge in [0.05, 0.1) is 19.1 Å². The maximum absolute atomic E-state index is 13.9. The Hall–Kier alpha value is -2.51. The van der Waals surface area contributed by atoms with Gasteiger partial charge in [0.1, 0.15) is 11.6 Å². The molecule has 1 aromatic carbocycles. The number of rotatable bonds is 6. The lowest BCUT2D eigenvalue weighted by Crippen LogP contribution is -2.36. The molecule has 4 rings (SSSR count). The molecule has 1 aromatic heterocycles. The summed E-state index contributed by atoms with van der Waals surface area (Å²) in [5.74, 6) is 0.975. The minimum atomic E-state index is -0.270. The first kappa shape index (κ1) is 19.8. The second-order valence-electron chi connectivity index (χ2n) is 7.95. The van der Waals surface area contributed by atoms with Crippen molar-refractivity contribution in [1.29, 1.82) is 0 Å². The number of methoxy groups -OCH3 is 1. The van der Waals surface area contributed by atoms with E-state index in [-0.39, 0.29) is 23.7 Å². The Morgan fingerprint density at radius 2 is 2.14 bits per heavy atom. The summed E-state index contributed by atoms with van der Waals surface area (Å²) in [6.07, 6.45) is 2.04. The average molecular weight is 398 g/mol.